The molecule has 0 amide bonds. The summed E-state index contributed by atoms with van der Waals surface area (Å²) in [4.78, 5) is 4.83. The third kappa shape index (κ3) is 9.94. The lowest BCUT2D eigenvalue weighted by Crippen LogP contribution is -2.25. The predicted molar refractivity (Wildman–Crippen MR) is 496 cm³/mol. The fourth-order valence-corrected chi connectivity index (χ4v) is 21.1. The fraction of sp³-hybridized carbons (Fsp3) is 0.0172. The number of anilines is 6. The highest BCUT2D eigenvalue weighted by molar-refractivity contribution is 6.08. The minimum absolute atomic E-state index is 0.561. The van der Waals surface area contributed by atoms with E-state index in [9.17, 15) is 0 Å². The number of benzene rings is 19. The number of hydrogen-bond donors (Lipinski definition) is 0. The number of para-hydroxylation sites is 2. The Morgan fingerprint density at radius 3 is 1.25 bits per heavy atom. The lowest BCUT2D eigenvalue weighted by atomic mass is 9.69. The summed E-state index contributed by atoms with van der Waals surface area (Å²) >= 11 is 0. The Morgan fingerprint density at radius 2 is 0.583 bits per heavy atom. The molecule has 558 valence electrons. The smallest absolute Gasteiger partial charge is 0.141 e. The molecule has 0 saturated heterocycles. The van der Waals surface area contributed by atoms with Crippen LogP contribution in [0.15, 0.2) is 446 Å². The molecule has 4 aliphatic carbocycles. The van der Waals surface area contributed by atoms with Gasteiger partial charge in [-0.05, 0) is 224 Å². The maximum Gasteiger partial charge on any atom is 0.141 e. The maximum atomic E-state index is 7.48. The van der Waals surface area contributed by atoms with Gasteiger partial charge in [-0.1, -0.05) is 346 Å². The van der Waals surface area contributed by atoms with Gasteiger partial charge in [-0.25, -0.2) is 0 Å². The first-order valence-corrected chi connectivity index (χ1v) is 41.5. The van der Waals surface area contributed by atoms with Gasteiger partial charge in [0.2, 0.25) is 0 Å². The zero-order chi connectivity index (χ0) is 78.7. The van der Waals surface area contributed by atoms with Crippen LogP contribution in [0.5, 0.6) is 0 Å². The Morgan fingerprint density at radius 1 is 0.183 bits per heavy atom. The van der Waals surface area contributed by atoms with Crippen molar-refractivity contribution in [2.45, 2.75) is 10.8 Å². The first-order valence-electron chi connectivity index (χ1n) is 41.5. The highest BCUT2D eigenvalue weighted by Crippen LogP contribution is 2.68. The Bertz CT molecular complexity index is 7680. The molecule has 25 rings (SSSR count). The van der Waals surface area contributed by atoms with Crippen molar-refractivity contribution in [2.24, 2.45) is 0 Å². The first kappa shape index (κ1) is 67.7. The lowest BCUT2D eigenvalue weighted by Gasteiger charge is -2.30. The number of nitrogens with zero attached hydrogens (tertiary/aromatic N) is 2. The van der Waals surface area contributed by atoms with E-state index in [1.807, 2.05) is 0 Å². The average Bonchev–Trinajstić information content (AvgIpc) is 1.50. The molecule has 120 heavy (non-hydrogen) atoms. The Labute approximate surface area is 695 Å². The van der Waals surface area contributed by atoms with Crippen molar-refractivity contribution >= 4 is 77.6 Å². The molecule has 2 heterocycles. The summed E-state index contributed by atoms with van der Waals surface area (Å²) in [5, 5.41) is 6.98. The van der Waals surface area contributed by atoms with Gasteiger partial charge in [-0.2, -0.15) is 0 Å². The molecule has 0 atom stereocenters. The Hall–Kier alpha value is -15.6. The van der Waals surface area contributed by atoms with E-state index >= 15 is 0 Å². The Balaban J connectivity index is 0.579. The number of rotatable bonds is 12. The van der Waals surface area contributed by atoms with Crippen molar-refractivity contribution in [1.29, 1.82) is 0 Å². The Kier molecular flexibility index (Phi) is 14.9. The minimum atomic E-state index is -0.658. The SMILES string of the molecule is c1ccc(-c2ccc(N(c3ccc(-c4cccc5c4-c4oc6ccccc6c4C54c5ccccc5-c5ccccc54)cc3)c3ccccc3-c3cccc(-c4ccc5c6c(oc5c4)-c4ccc(-c5ccc7cc(N(c8ccc(-c9ccccc9)cc8)c8cccc9ccccc89)ccc7c5)cc4C64c5ccccc5-c5ccccc54)c3)cc2)cc1. The standard InChI is InChI=1S/C116H72N2O2/c1-3-24-73(25-4-1)75-50-59-86(60-51-75)117(87-63-54-78(55-64-87)92-39-23-44-104-110(92)114-112(98-38-14-20-47-108(98)119-114)115(104)100-40-15-9-34-93(100)94-35-10-16-41-101(94)115)106-45-19-13-33-91(106)85-31-21-30-79(69-85)84-58-67-99-109(72-84)120-113-97-66-57-83(71-105(97)116(111(99)113)102-42-17-11-36-95(102)96-37-12-18-43-103(96)116)80-48-49-82-70-89(65-56-81(82)68-80)118(107-46-22-29-77-28-7-8-32-90(77)107)88-61-52-76(53-62-88)74-26-5-2-6-27-74/h1-72H. The maximum absolute atomic E-state index is 7.48. The summed E-state index contributed by atoms with van der Waals surface area (Å²) in [5.41, 5.74) is 37.9. The summed E-state index contributed by atoms with van der Waals surface area (Å²) in [6, 6.07) is 161. The van der Waals surface area contributed by atoms with Gasteiger partial charge in [0, 0.05) is 66.7 Å². The molecule has 0 unspecified atom stereocenters. The summed E-state index contributed by atoms with van der Waals surface area (Å²) in [6.45, 7) is 0. The van der Waals surface area contributed by atoms with E-state index in [0.717, 1.165) is 134 Å². The number of fused-ring (bicyclic) bond motifs is 26. The topological polar surface area (TPSA) is 32.8 Å². The highest BCUT2D eigenvalue weighted by Gasteiger charge is 2.56. The molecular formula is C116H72N2O2. The van der Waals surface area contributed by atoms with Gasteiger partial charge >= 0.3 is 0 Å². The normalized spacial score (nSPS) is 13.1. The van der Waals surface area contributed by atoms with Crippen LogP contribution in [-0.2, 0) is 10.8 Å². The van der Waals surface area contributed by atoms with Crippen LogP contribution in [0.25, 0.3) is 155 Å². The predicted octanol–water partition coefficient (Wildman–Crippen LogP) is 31.1. The third-order valence-corrected chi connectivity index (χ3v) is 26.3. The van der Waals surface area contributed by atoms with E-state index in [1.54, 1.807) is 0 Å². The molecule has 0 saturated carbocycles. The van der Waals surface area contributed by atoms with Crippen molar-refractivity contribution in [3.63, 3.8) is 0 Å². The van der Waals surface area contributed by atoms with E-state index in [4.69, 9.17) is 8.83 Å². The molecule has 2 aromatic heterocycles. The number of hydrogen-bond acceptors (Lipinski definition) is 4. The van der Waals surface area contributed by atoms with Gasteiger partial charge in [-0.15, -0.1) is 0 Å². The van der Waals surface area contributed by atoms with Gasteiger partial charge in [-0.3, -0.25) is 0 Å². The minimum Gasteiger partial charge on any atom is -0.456 e. The van der Waals surface area contributed by atoms with Crippen molar-refractivity contribution in [2.75, 3.05) is 9.80 Å². The molecule has 21 aromatic rings. The zero-order valence-electron chi connectivity index (χ0n) is 65.3. The van der Waals surface area contributed by atoms with Crippen LogP contribution in [0, 0.1) is 0 Å². The van der Waals surface area contributed by atoms with E-state index < -0.39 is 10.8 Å². The monoisotopic (exact) mass is 1520 g/mol. The van der Waals surface area contributed by atoms with Crippen LogP contribution < -0.4 is 9.80 Å². The number of furan rings is 2. The van der Waals surface area contributed by atoms with E-state index in [-0.39, 0.29) is 0 Å². The average molecular weight is 1530 g/mol. The largest absolute Gasteiger partial charge is 0.456 e. The third-order valence-electron chi connectivity index (χ3n) is 26.3. The molecule has 0 fully saturated rings. The summed E-state index contributed by atoms with van der Waals surface area (Å²) in [6.07, 6.45) is 0. The quantitative estimate of drug-likeness (QED) is 0.122. The van der Waals surface area contributed by atoms with Gasteiger partial charge in [0.25, 0.3) is 0 Å². The molecule has 4 heteroatoms. The lowest BCUT2D eigenvalue weighted by molar-refractivity contribution is 0.628. The van der Waals surface area contributed by atoms with Crippen molar-refractivity contribution < 1.29 is 8.83 Å². The van der Waals surface area contributed by atoms with Crippen LogP contribution >= 0.6 is 0 Å². The van der Waals surface area contributed by atoms with Gasteiger partial charge in [0.15, 0.2) is 0 Å². The van der Waals surface area contributed by atoms with E-state index in [2.05, 4.69) is 447 Å². The van der Waals surface area contributed by atoms with Crippen molar-refractivity contribution in [3.05, 3.63) is 481 Å². The van der Waals surface area contributed by atoms with Gasteiger partial charge in [0.05, 0.1) is 22.2 Å². The molecule has 0 radical (unpaired) electrons. The second-order valence-corrected chi connectivity index (χ2v) is 32.4. The second kappa shape index (κ2) is 26.5. The molecule has 0 N–H and O–H groups in total. The van der Waals surface area contributed by atoms with E-state index in [0.29, 0.717) is 0 Å². The molecule has 4 nitrogen and oxygen atoms in total. The van der Waals surface area contributed by atoms with Crippen LogP contribution in [0.3, 0.4) is 0 Å². The van der Waals surface area contributed by atoms with Crippen LogP contribution in [0.2, 0.25) is 0 Å². The molecule has 19 aromatic carbocycles. The summed E-state index contributed by atoms with van der Waals surface area (Å²) in [7, 11) is 0. The van der Waals surface area contributed by atoms with Crippen LogP contribution in [0.4, 0.5) is 34.1 Å². The first-order chi connectivity index (χ1) is 59.5. The van der Waals surface area contributed by atoms with Crippen LogP contribution in [0.1, 0.15) is 44.5 Å². The second-order valence-electron chi connectivity index (χ2n) is 32.4. The highest BCUT2D eigenvalue weighted by atomic mass is 16.3. The summed E-state index contributed by atoms with van der Waals surface area (Å²) < 4.78 is 14.6. The van der Waals surface area contributed by atoms with Crippen molar-refractivity contribution in [1.82, 2.24) is 0 Å². The van der Waals surface area contributed by atoms with Crippen LogP contribution in [-0.4, -0.2) is 0 Å². The van der Waals surface area contributed by atoms with Gasteiger partial charge < -0.3 is 18.6 Å². The molecule has 4 aliphatic rings. The fourth-order valence-electron chi connectivity index (χ4n) is 21.1. The van der Waals surface area contributed by atoms with Crippen molar-refractivity contribution in [3.8, 4) is 112 Å². The van der Waals surface area contributed by atoms with Gasteiger partial charge in [0.1, 0.15) is 22.7 Å². The molecular weight excluding hydrogens is 1450 g/mol. The summed E-state index contributed by atoms with van der Waals surface area (Å²) in [5.74, 6) is 1.86. The molecule has 2 spiro atoms. The zero-order valence-corrected chi connectivity index (χ0v) is 65.3. The molecule has 0 bridgehead atoms. The van der Waals surface area contributed by atoms with E-state index in [1.165, 1.54) is 99.6 Å². The molecule has 0 aliphatic heterocycles.